The van der Waals surface area contributed by atoms with E-state index in [-0.39, 0.29) is 28.6 Å². The third-order valence-corrected chi connectivity index (χ3v) is 5.28. The molecule has 1 heterocycles. The van der Waals surface area contributed by atoms with Crippen LogP contribution in [-0.4, -0.2) is 37.4 Å². The summed E-state index contributed by atoms with van der Waals surface area (Å²) in [5, 5.41) is 12.8. The Morgan fingerprint density at radius 1 is 1.44 bits per heavy atom. The average Bonchev–Trinajstić information content (AvgIpc) is 2.92. The number of carboxylic acid groups (broad SMARTS) is 1. The lowest BCUT2D eigenvalue weighted by Crippen LogP contribution is -2.19. The Balaban J connectivity index is 2.28. The lowest BCUT2D eigenvalue weighted by molar-refractivity contribution is -0.148. The summed E-state index contributed by atoms with van der Waals surface area (Å²) in [6, 6.07) is 4.48. The van der Waals surface area contributed by atoms with Crippen molar-refractivity contribution >= 4 is 33.3 Å². The van der Waals surface area contributed by atoms with E-state index in [1.165, 1.54) is 39.0 Å². The van der Waals surface area contributed by atoms with Crippen LogP contribution < -0.4 is 4.72 Å². The summed E-state index contributed by atoms with van der Waals surface area (Å²) in [6.45, 7) is 4.26. The van der Waals surface area contributed by atoms with Gasteiger partial charge in [-0.25, -0.2) is 13.2 Å². The molecule has 1 aromatic heterocycles. The highest BCUT2D eigenvalue weighted by atomic mass is 35.5. The van der Waals surface area contributed by atoms with Gasteiger partial charge < -0.3 is 14.4 Å². The summed E-state index contributed by atoms with van der Waals surface area (Å²) in [6.07, 6.45) is -1.00. The largest absolute Gasteiger partial charge is 0.479 e. The van der Waals surface area contributed by atoms with Crippen LogP contribution in [0.15, 0.2) is 27.6 Å². The van der Waals surface area contributed by atoms with Crippen LogP contribution in [0.2, 0.25) is 5.02 Å². The number of hydrogen-bond donors (Lipinski definition) is 2. The number of nitrogens with zero attached hydrogens (tertiary/aromatic N) is 1. The van der Waals surface area contributed by atoms with Gasteiger partial charge in [0.15, 0.2) is 16.8 Å². The molecule has 0 aliphatic carbocycles. The molecule has 2 rings (SSSR count). The van der Waals surface area contributed by atoms with Crippen molar-refractivity contribution in [3.8, 4) is 11.8 Å². The number of aromatic nitrogens is 1. The number of anilines is 1. The second-order valence-corrected chi connectivity index (χ2v) is 7.60. The third-order valence-electron chi connectivity index (χ3n) is 3.44. The molecule has 0 saturated heterocycles. The Morgan fingerprint density at radius 2 is 2.15 bits per heavy atom. The first kappa shape index (κ1) is 20.8. The van der Waals surface area contributed by atoms with Crippen molar-refractivity contribution < 1.29 is 27.6 Å². The molecule has 0 fully saturated rings. The van der Waals surface area contributed by atoms with Gasteiger partial charge in [0.05, 0.1) is 11.3 Å². The molecule has 0 amide bonds. The lowest BCUT2D eigenvalue weighted by atomic mass is 10.2. The summed E-state index contributed by atoms with van der Waals surface area (Å²) >= 11 is 5.96. The van der Waals surface area contributed by atoms with Gasteiger partial charge >= 0.3 is 5.97 Å². The minimum Gasteiger partial charge on any atom is -0.479 e. The van der Waals surface area contributed by atoms with Crippen LogP contribution in [0.5, 0.6) is 0 Å². The molecule has 2 aromatic rings. The smallest absolute Gasteiger partial charge is 0.332 e. The third kappa shape index (κ3) is 5.23. The number of ether oxygens (including phenoxy) is 1. The summed E-state index contributed by atoms with van der Waals surface area (Å²) in [5.74, 6) is 4.43. The summed E-state index contributed by atoms with van der Waals surface area (Å²) in [4.78, 5) is 10.7. The summed E-state index contributed by atoms with van der Waals surface area (Å²) in [5.41, 5.74) is 0.750. The van der Waals surface area contributed by atoms with Crippen LogP contribution in [0.4, 0.5) is 5.69 Å². The van der Waals surface area contributed by atoms with Crippen LogP contribution in [0, 0.1) is 25.7 Å². The zero-order chi connectivity index (χ0) is 20.2. The van der Waals surface area contributed by atoms with Crippen LogP contribution in [0.3, 0.4) is 0 Å². The van der Waals surface area contributed by atoms with E-state index in [4.69, 9.17) is 26.0 Å². The number of halogens is 1. The lowest BCUT2D eigenvalue weighted by Gasteiger charge is -2.10. The Hall–Kier alpha value is -2.54. The predicted molar refractivity (Wildman–Crippen MR) is 98.2 cm³/mol. The molecule has 1 atom stereocenters. The molecule has 0 radical (unpaired) electrons. The molecular weight excluding hydrogens is 396 g/mol. The van der Waals surface area contributed by atoms with E-state index in [0.29, 0.717) is 10.6 Å². The number of carbonyl (C=O) groups is 1. The maximum Gasteiger partial charge on any atom is 0.332 e. The van der Waals surface area contributed by atoms with E-state index in [0.717, 1.165) is 0 Å². The fourth-order valence-corrected chi connectivity index (χ4v) is 3.72. The number of aryl methyl sites for hydroxylation is 2. The normalized spacial score (nSPS) is 12.1. The number of nitrogens with one attached hydrogen (secondary N) is 1. The Labute approximate surface area is 161 Å². The molecule has 27 heavy (non-hydrogen) atoms. The molecule has 0 aliphatic heterocycles. The van der Waals surface area contributed by atoms with Crippen molar-refractivity contribution in [1.82, 2.24) is 5.16 Å². The highest BCUT2D eigenvalue weighted by Crippen LogP contribution is 2.26. The van der Waals surface area contributed by atoms with Gasteiger partial charge in [0.25, 0.3) is 10.0 Å². The van der Waals surface area contributed by atoms with E-state index in [2.05, 4.69) is 21.7 Å². The van der Waals surface area contributed by atoms with Gasteiger partial charge in [-0.3, -0.25) is 4.72 Å². The fourth-order valence-electron chi connectivity index (χ4n) is 2.13. The molecule has 0 bridgehead atoms. The van der Waals surface area contributed by atoms with Gasteiger partial charge in [0, 0.05) is 5.02 Å². The van der Waals surface area contributed by atoms with Crippen molar-refractivity contribution in [3.05, 3.63) is 40.2 Å². The summed E-state index contributed by atoms with van der Waals surface area (Å²) < 4.78 is 37.7. The zero-order valence-corrected chi connectivity index (χ0v) is 16.3. The molecule has 0 spiro atoms. The molecule has 1 unspecified atom stereocenters. The highest BCUT2D eigenvalue weighted by Gasteiger charge is 2.25. The molecule has 144 valence electrons. The van der Waals surface area contributed by atoms with Gasteiger partial charge in [-0.05, 0) is 39.0 Å². The van der Waals surface area contributed by atoms with E-state index < -0.39 is 22.1 Å². The predicted octanol–water partition coefficient (Wildman–Crippen LogP) is 2.59. The number of aliphatic carboxylic acids is 1. The van der Waals surface area contributed by atoms with Crippen molar-refractivity contribution in [2.24, 2.45) is 0 Å². The summed E-state index contributed by atoms with van der Waals surface area (Å²) in [7, 11) is -3.95. The van der Waals surface area contributed by atoms with Crippen molar-refractivity contribution in [2.45, 2.75) is 31.8 Å². The monoisotopic (exact) mass is 412 g/mol. The highest BCUT2D eigenvalue weighted by molar-refractivity contribution is 7.92. The van der Waals surface area contributed by atoms with Gasteiger partial charge in [0.1, 0.15) is 12.3 Å². The maximum absolute atomic E-state index is 12.7. The quantitative estimate of drug-likeness (QED) is 0.700. The second kappa shape index (κ2) is 8.43. The average molecular weight is 413 g/mol. The first-order chi connectivity index (χ1) is 12.6. The van der Waals surface area contributed by atoms with Crippen LogP contribution in [-0.2, 0) is 19.6 Å². The van der Waals surface area contributed by atoms with Gasteiger partial charge in [-0.1, -0.05) is 28.6 Å². The number of benzene rings is 1. The molecule has 8 nitrogen and oxygen atoms in total. The van der Waals surface area contributed by atoms with E-state index >= 15 is 0 Å². The Morgan fingerprint density at radius 3 is 2.74 bits per heavy atom. The number of carboxylic acids is 1. The number of sulfonamides is 1. The standard InChI is InChI=1S/C17H17ClN2O6S/c1-10-16(11(2)26-19-10)27(23,24)20-15-7-6-14(18)9-13(15)5-4-8-25-12(3)17(21)22/h6-7,9,12,20H,8H2,1-3H3,(H,21,22). The molecule has 2 N–H and O–H groups in total. The minimum atomic E-state index is -3.95. The zero-order valence-electron chi connectivity index (χ0n) is 14.7. The van der Waals surface area contributed by atoms with E-state index in [9.17, 15) is 13.2 Å². The minimum absolute atomic E-state index is 0.0463. The molecule has 10 heteroatoms. The topological polar surface area (TPSA) is 119 Å². The van der Waals surface area contributed by atoms with E-state index in [1.807, 2.05) is 0 Å². The molecule has 0 aliphatic rings. The number of rotatable bonds is 6. The van der Waals surface area contributed by atoms with Gasteiger partial charge in [-0.15, -0.1) is 0 Å². The molecule has 0 saturated carbocycles. The van der Waals surface area contributed by atoms with E-state index in [1.54, 1.807) is 0 Å². The van der Waals surface area contributed by atoms with Crippen LogP contribution >= 0.6 is 11.6 Å². The van der Waals surface area contributed by atoms with Crippen molar-refractivity contribution in [2.75, 3.05) is 11.3 Å². The fraction of sp³-hybridized carbons (Fsp3) is 0.294. The molecular formula is C17H17ClN2O6S. The van der Waals surface area contributed by atoms with Crippen molar-refractivity contribution in [1.29, 1.82) is 0 Å². The Kier molecular flexibility index (Phi) is 6.49. The van der Waals surface area contributed by atoms with Gasteiger partial charge in [0.2, 0.25) is 0 Å². The van der Waals surface area contributed by atoms with Crippen molar-refractivity contribution in [3.63, 3.8) is 0 Å². The number of hydrogen-bond acceptors (Lipinski definition) is 6. The first-order valence-corrected chi connectivity index (χ1v) is 9.56. The van der Waals surface area contributed by atoms with Crippen LogP contribution in [0.25, 0.3) is 0 Å². The molecule has 1 aromatic carbocycles. The first-order valence-electron chi connectivity index (χ1n) is 7.70. The maximum atomic E-state index is 12.7. The second-order valence-electron chi connectivity index (χ2n) is 5.54. The Bertz CT molecular complexity index is 1000. The van der Waals surface area contributed by atoms with Crippen LogP contribution in [0.1, 0.15) is 23.9 Å². The SMILES string of the molecule is Cc1noc(C)c1S(=O)(=O)Nc1ccc(Cl)cc1C#CCOC(C)C(=O)O. The van der Waals surface area contributed by atoms with Gasteiger partial charge in [-0.2, -0.15) is 0 Å².